The summed E-state index contributed by atoms with van der Waals surface area (Å²) < 4.78 is 21.4. The van der Waals surface area contributed by atoms with Gasteiger partial charge in [0.2, 0.25) is 5.91 Å². The number of hydrogen-bond acceptors (Lipinski definition) is 6. The van der Waals surface area contributed by atoms with Crippen molar-refractivity contribution in [2.24, 2.45) is 4.36 Å². The first-order valence-corrected chi connectivity index (χ1v) is 12.4. The van der Waals surface area contributed by atoms with E-state index in [9.17, 15) is 19.1 Å². The van der Waals surface area contributed by atoms with E-state index in [4.69, 9.17) is 16.0 Å². The Morgan fingerprint density at radius 3 is 2.65 bits per heavy atom. The molecule has 0 unspecified atom stereocenters. The molecule has 0 saturated carbocycles. The summed E-state index contributed by atoms with van der Waals surface area (Å²) in [7, 11) is -4.01. The third-order valence-corrected chi connectivity index (χ3v) is 5.69. The Balaban J connectivity index is 1.62. The zero-order chi connectivity index (χ0) is 22.6. The lowest BCUT2D eigenvalue weighted by atomic mass is 9.76. The fourth-order valence-electron chi connectivity index (χ4n) is 3.24. The smallest absolute Gasteiger partial charge is 0.464 e. The average molecular weight is 463 g/mol. The average Bonchev–Trinajstić information content (AvgIpc) is 3.08. The molecule has 1 heterocycles. The van der Waals surface area contributed by atoms with Crippen LogP contribution in [0, 0.1) is 0 Å². The third-order valence-electron chi connectivity index (χ3n) is 4.69. The van der Waals surface area contributed by atoms with Gasteiger partial charge in [-0.25, -0.2) is 4.21 Å². The van der Waals surface area contributed by atoms with Crippen molar-refractivity contribution in [3.63, 3.8) is 0 Å². The number of aryl methyl sites for hydroxylation is 1. The summed E-state index contributed by atoms with van der Waals surface area (Å²) in [4.78, 5) is 12.4. The molecule has 0 fully saturated rings. The maximum absolute atomic E-state index is 12.4. The fraction of sp³-hybridized carbons (Fsp3) is 0.286. The van der Waals surface area contributed by atoms with Gasteiger partial charge in [-0.3, -0.25) is 4.79 Å². The number of furan rings is 1. The number of carbonyl (C=O) groups is 1. The number of para-hydroxylation sites is 1. The minimum atomic E-state index is -2.29. The lowest BCUT2D eigenvalue weighted by Gasteiger charge is -2.17. The quantitative estimate of drug-likeness (QED) is 0.445. The van der Waals surface area contributed by atoms with Crippen molar-refractivity contribution in [1.29, 1.82) is 0 Å². The van der Waals surface area contributed by atoms with Gasteiger partial charge in [0.25, 0.3) is 0 Å². The number of rotatable bonds is 8. The van der Waals surface area contributed by atoms with Gasteiger partial charge in [-0.1, -0.05) is 35.9 Å². The Kier molecular flexibility index (Phi) is 7.43. The summed E-state index contributed by atoms with van der Waals surface area (Å²) in [6, 6.07) is 12.5. The van der Waals surface area contributed by atoms with E-state index in [0.717, 1.165) is 16.5 Å². The number of nitrogens with one attached hydrogen (secondary N) is 1. The number of amides is 1. The van der Waals surface area contributed by atoms with Crippen LogP contribution in [0.3, 0.4) is 0 Å². The van der Waals surface area contributed by atoms with Gasteiger partial charge in [0.15, 0.2) is 0 Å². The number of halogens is 1. The summed E-state index contributed by atoms with van der Waals surface area (Å²) in [6.07, 6.45) is 5.33. The molecule has 1 amide bonds. The largest absolute Gasteiger partial charge is 0.475 e. The predicted molar refractivity (Wildman–Crippen MR) is 124 cm³/mol. The molecule has 3 rings (SSSR count). The summed E-state index contributed by atoms with van der Waals surface area (Å²) in [5.41, 5.74) is 2.74. The van der Waals surface area contributed by atoms with Gasteiger partial charge in [-0.05, 0) is 42.2 Å². The second-order valence-electron chi connectivity index (χ2n) is 7.60. The molecule has 0 aliphatic carbocycles. The SMILES string of the molecule is CS(C)(=O)=Nc1ccc(CCC(=O)N[C@@H](Cc2coc3ccccc23)B(O)O)c(Cl)c1. The number of hydrogen-bond donors (Lipinski definition) is 3. The van der Waals surface area contributed by atoms with Crippen LogP contribution in [-0.4, -0.2) is 45.7 Å². The van der Waals surface area contributed by atoms with Crippen molar-refractivity contribution in [3.05, 3.63) is 64.9 Å². The van der Waals surface area contributed by atoms with Crippen molar-refractivity contribution in [1.82, 2.24) is 5.32 Å². The Bertz CT molecular complexity index is 1200. The van der Waals surface area contributed by atoms with Gasteiger partial charge in [0, 0.05) is 39.1 Å². The highest BCUT2D eigenvalue weighted by Crippen LogP contribution is 2.25. The first kappa shape index (κ1) is 23.3. The van der Waals surface area contributed by atoms with Crippen LogP contribution in [0.25, 0.3) is 11.0 Å². The van der Waals surface area contributed by atoms with Crippen molar-refractivity contribution < 1.29 is 23.5 Å². The molecule has 1 aromatic heterocycles. The molecule has 10 heteroatoms. The molecule has 0 radical (unpaired) electrons. The van der Waals surface area contributed by atoms with Crippen molar-refractivity contribution in [3.8, 4) is 0 Å². The zero-order valence-electron chi connectivity index (χ0n) is 17.2. The molecule has 2 aromatic carbocycles. The van der Waals surface area contributed by atoms with Gasteiger partial charge in [-0.2, -0.15) is 4.36 Å². The third kappa shape index (κ3) is 6.58. The van der Waals surface area contributed by atoms with Gasteiger partial charge in [-0.15, -0.1) is 0 Å². The van der Waals surface area contributed by atoms with E-state index in [1.54, 1.807) is 24.5 Å². The molecule has 0 bridgehead atoms. The highest BCUT2D eigenvalue weighted by atomic mass is 35.5. The lowest BCUT2D eigenvalue weighted by molar-refractivity contribution is -0.121. The van der Waals surface area contributed by atoms with Gasteiger partial charge >= 0.3 is 7.12 Å². The fourth-order valence-corrected chi connectivity index (χ4v) is 4.13. The van der Waals surface area contributed by atoms with E-state index in [1.165, 1.54) is 12.5 Å². The van der Waals surface area contributed by atoms with Crippen LogP contribution in [0.1, 0.15) is 17.5 Å². The van der Waals surface area contributed by atoms with E-state index in [2.05, 4.69) is 9.68 Å². The maximum atomic E-state index is 12.4. The molecule has 0 spiro atoms. The second-order valence-corrected chi connectivity index (χ2v) is 10.5. The minimum Gasteiger partial charge on any atom is -0.464 e. The van der Waals surface area contributed by atoms with Crippen LogP contribution in [0.2, 0.25) is 5.02 Å². The monoisotopic (exact) mass is 462 g/mol. The number of carbonyl (C=O) groups excluding carboxylic acids is 1. The molecule has 164 valence electrons. The van der Waals surface area contributed by atoms with Crippen LogP contribution < -0.4 is 5.32 Å². The van der Waals surface area contributed by atoms with Gasteiger partial charge < -0.3 is 19.8 Å². The van der Waals surface area contributed by atoms with Crippen LogP contribution in [-0.2, 0) is 27.4 Å². The van der Waals surface area contributed by atoms with E-state index in [1.807, 2.05) is 24.3 Å². The van der Waals surface area contributed by atoms with E-state index < -0.39 is 22.8 Å². The van der Waals surface area contributed by atoms with E-state index in [0.29, 0.717) is 22.7 Å². The van der Waals surface area contributed by atoms with Gasteiger partial charge in [0.05, 0.1) is 17.9 Å². The summed E-state index contributed by atoms with van der Waals surface area (Å²) >= 11 is 6.27. The second kappa shape index (κ2) is 9.87. The van der Waals surface area contributed by atoms with Gasteiger partial charge in [0.1, 0.15) is 5.58 Å². The molecular formula is C21H24BClN2O5S. The molecule has 7 nitrogen and oxygen atoms in total. The first-order chi connectivity index (χ1) is 14.6. The molecule has 3 N–H and O–H groups in total. The summed E-state index contributed by atoms with van der Waals surface area (Å²) in [5, 5.41) is 23.4. The Labute approximate surface area is 186 Å². The highest BCUT2D eigenvalue weighted by molar-refractivity contribution is 7.92. The molecular weight excluding hydrogens is 439 g/mol. The highest BCUT2D eigenvalue weighted by Gasteiger charge is 2.26. The van der Waals surface area contributed by atoms with Crippen molar-refractivity contribution in [2.45, 2.75) is 25.2 Å². The topological polar surface area (TPSA) is 112 Å². The Hall–Kier alpha value is -2.33. The minimum absolute atomic E-state index is 0.115. The summed E-state index contributed by atoms with van der Waals surface area (Å²) in [5.74, 6) is -1.21. The van der Waals surface area contributed by atoms with E-state index in [-0.39, 0.29) is 18.7 Å². The van der Waals surface area contributed by atoms with E-state index >= 15 is 0 Å². The Morgan fingerprint density at radius 2 is 1.97 bits per heavy atom. The van der Waals surface area contributed by atoms with Crippen LogP contribution >= 0.6 is 11.6 Å². The molecule has 1 atom stereocenters. The molecule has 0 saturated heterocycles. The first-order valence-electron chi connectivity index (χ1n) is 9.68. The zero-order valence-corrected chi connectivity index (χ0v) is 18.8. The lowest BCUT2D eigenvalue weighted by Crippen LogP contribution is -2.47. The normalized spacial score (nSPS) is 12.5. The van der Waals surface area contributed by atoms with Crippen LogP contribution in [0.15, 0.2) is 57.5 Å². The Morgan fingerprint density at radius 1 is 1.23 bits per heavy atom. The van der Waals surface area contributed by atoms with Crippen LogP contribution in [0.4, 0.5) is 5.69 Å². The molecule has 3 aromatic rings. The number of fused-ring (bicyclic) bond motifs is 1. The maximum Gasteiger partial charge on any atom is 0.475 e. The predicted octanol–water partition coefficient (Wildman–Crippen LogP) is 3.12. The molecule has 31 heavy (non-hydrogen) atoms. The van der Waals surface area contributed by atoms with Crippen molar-refractivity contribution >= 4 is 51.0 Å². The number of nitrogens with zero attached hydrogens (tertiary/aromatic N) is 1. The number of benzene rings is 2. The van der Waals surface area contributed by atoms with Crippen LogP contribution in [0.5, 0.6) is 0 Å². The standard InChI is InChI=1S/C21H24BClN2O5S/c1-31(2,29)25-16-9-7-14(18(23)12-16)8-10-21(26)24-20(22(27)28)11-15-13-30-19-6-4-3-5-17(15)19/h3-7,9,12-13,20,27-28H,8,10-11H2,1-2H3,(H,24,26)/t20-/m0/s1. The van der Waals surface area contributed by atoms with Crippen molar-refractivity contribution in [2.75, 3.05) is 12.5 Å². The summed E-state index contributed by atoms with van der Waals surface area (Å²) in [6.45, 7) is 0. The molecule has 0 aliphatic rings. The molecule has 0 aliphatic heterocycles.